The number of hydrogen-bond acceptors (Lipinski definition) is 9. The number of Topliss-reactive ketones (excluding diaryl/α,β-unsaturated/α-hetero) is 1. The highest BCUT2D eigenvalue weighted by molar-refractivity contribution is 7.85. The van der Waals surface area contributed by atoms with E-state index < -0.39 is 16.0 Å². The van der Waals surface area contributed by atoms with Gasteiger partial charge in [0.15, 0.2) is 0 Å². The number of carbonyl (C=O) groups excluding carboxylic acids is 2. The maximum absolute atomic E-state index is 11.0. The first-order chi connectivity index (χ1) is 16.0. The van der Waals surface area contributed by atoms with E-state index in [9.17, 15) is 23.1 Å². The van der Waals surface area contributed by atoms with Crippen LogP contribution in [0.5, 0.6) is 0 Å². The lowest BCUT2D eigenvalue weighted by Crippen LogP contribution is -2.21. The largest absolute Gasteiger partial charge is 0.465 e. The van der Waals surface area contributed by atoms with Gasteiger partial charge in [0.05, 0.1) is 31.7 Å². The summed E-state index contributed by atoms with van der Waals surface area (Å²) in [5, 5.41) is 26.9. The number of aliphatic hydroxyl groups excluding tert-OH is 3. The average molecular weight is 546 g/mol. The Morgan fingerprint density at radius 1 is 1.00 bits per heavy atom. The normalized spacial score (nSPS) is 26.6. The van der Waals surface area contributed by atoms with Crippen molar-refractivity contribution in [3.63, 3.8) is 0 Å². The van der Waals surface area contributed by atoms with Crippen molar-refractivity contribution < 1.29 is 43.6 Å². The van der Waals surface area contributed by atoms with Gasteiger partial charge in [0.25, 0.3) is 10.1 Å². The average Bonchev–Trinajstić information content (AvgIpc) is 3.49. The van der Waals surface area contributed by atoms with Crippen LogP contribution in [-0.2, 0) is 28.6 Å². The van der Waals surface area contributed by atoms with Crippen LogP contribution in [0.2, 0.25) is 0 Å². The highest BCUT2D eigenvalue weighted by Crippen LogP contribution is 2.26. The SMILES string of the molecule is C.C.C.CCOC(=O)C1CCCC1=O.CS(=O)(=O)OCC1CCCC1O.OCC1CCCC1O.[2H]CC. The first-order valence-corrected chi connectivity index (χ1v) is 13.6. The Bertz CT molecular complexity index is 673. The molecule has 5 atom stereocenters. The van der Waals surface area contributed by atoms with E-state index in [0.717, 1.165) is 51.2 Å². The van der Waals surface area contributed by atoms with Crippen molar-refractivity contribution in [2.75, 3.05) is 26.1 Å². The van der Waals surface area contributed by atoms with Crippen LogP contribution in [0, 0.1) is 17.8 Å². The van der Waals surface area contributed by atoms with Crippen molar-refractivity contribution in [3.05, 3.63) is 0 Å². The van der Waals surface area contributed by atoms with Gasteiger partial charge in [-0.15, -0.1) is 0 Å². The summed E-state index contributed by atoms with van der Waals surface area (Å²) >= 11 is 0. The molecule has 3 rings (SSSR count). The van der Waals surface area contributed by atoms with Crippen LogP contribution < -0.4 is 0 Å². The van der Waals surface area contributed by atoms with E-state index >= 15 is 0 Å². The van der Waals surface area contributed by atoms with Gasteiger partial charge in [0.2, 0.25) is 0 Å². The van der Waals surface area contributed by atoms with Crippen LogP contribution in [0.4, 0.5) is 0 Å². The van der Waals surface area contributed by atoms with Crippen LogP contribution in [0.1, 0.15) is 102 Å². The summed E-state index contributed by atoms with van der Waals surface area (Å²) in [6.45, 7) is 4.68. The van der Waals surface area contributed by atoms with Gasteiger partial charge in [-0.1, -0.05) is 48.9 Å². The Kier molecular flexibility index (Phi) is 25.3. The van der Waals surface area contributed by atoms with E-state index in [1.165, 1.54) is 0 Å². The van der Waals surface area contributed by atoms with E-state index in [2.05, 4.69) is 4.18 Å². The maximum atomic E-state index is 11.0. The summed E-state index contributed by atoms with van der Waals surface area (Å²) in [6.07, 6.45) is 8.01. The van der Waals surface area contributed by atoms with Crippen molar-refractivity contribution in [1.82, 2.24) is 0 Å². The van der Waals surface area contributed by atoms with E-state index in [4.69, 9.17) is 16.3 Å². The zero-order valence-corrected chi connectivity index (χ0v) is 21.1. The third-order valence-corrected chi connectivity index (χ3v) is 6.41. The first kappa shape index (κ1) is 39.4. The van der Waals surface area contributed by atoms with E-state index in [1.807, 2.05) is 0 Å². The smallest absolute Gasteiger partial charge is 0.316 e. The van der Waals surface area contributed by atoms with Crippen LogP contribution in [-0.4, -0.2) is 73.8 Å². The summed E-state index contributed by atoms with van der Waals surface area (Å²) in [4.78, 5) is 22.0. The zero-order chi connectivity index (χ0) is 26.1. The van der Waals surface area contributed by atoms with Gasteiger partial charge >= 0.3 is 5.97 Å². The monoisotopic (exact) mass is 545 g/mol. The molecular formula is C26H56O9S. The predicted molar refractivity (Wildman–Crippen MR) is 145 cm³/mol. The summed E-state index contributed by atoms with van der Waals surface area (Å²) < 4.78 is 36.7. The third kappa shape index (κ3) is 17.4. The number of carbonyl (C=O) groups is 2. The summed E-state index contributed by atoms with van der Waals surface area (Å²) in [7, 11) is -3.35. The Balaban J connectivity index is -0.000000204. The number of hydrogen-bond donors (Lipinski definition) is 3. The van der Waals surface area contributed by atoms with Crippen molar-refractivity contribution in [2.24, 2.45) is 17.8 Å². The van der Waals surface area contributed by atoms with Gasteiger partial charge in [-0.05, 0) is 45.4 Å². The molecule has 0 radical (unpaired) electrons. The highest BCUT2D eigenvalue weighted by Gasteiger charge is 2.31. The lowest BCUT2D eigenvalue weighted by Gasteiger charge is -2.12. The minimum absolute atomic E-state index is 0. The topological polar surface area (TPSA) is 147 Å². The van der Waals surface area contributed by atoms with Gasteiger partial charge in [-0.25, -0.2) is 0 Å². The fourth-order valence-electron chi connectivity index (χ4n) is 3.96. The van der Waals surface area contributed by atoms with E-state index in [0.29, 0.717) is 26.3 Å². The predicted octanol–water partition coefficient (Wildman–Crippen LogP) is 4.12. The molecule has 0 aromatic carbocycles. The van der Waals surface area contributed by atoms with Gasteiger partial charge in [-0.3, -0.25) is 13.8 Å². The Morgan fingerprint density at radius 3 is 1.81 bits per heavy atom. The molecule has 0 saturated heterocycles. The molecule has 220 valence electrons. The molecule has 5 unspecified atom stereocenters. The molecule has 3 saturated carbocycles. The fraction of sp³-hybridized carbons (Fsp3) is 0.923. The Morgan fingerprint density at radius 2 is 1.50 bits per heavy atom. The van der Waals surface area contributed by atoms with E-state index in [1.54, 1.807) is 13.8 Å². The molecule has 3 N–H and O–H groups in total. The minimum Gasteiger partial charge on any atom is -0.465 e. The molecular weight excluding hydrogens is 488 g/mol. The summed E-state index contributed by atoms with van der Waals surface area (Å²) in [5.41, 5.74) is 0. The van der Waals surface area contributed by atoms with Gasteiger partial charge in [0.1, 0.15) is 11.7 Å². The maximum Gasteiger partial charge on any atom is 0.316 e. The van der Waals surface area contributed by atoms with Crippen LogP contribution >= 0.6 is 0 Å². The van der Waals surface area contributed by atoms with Crippen molar-refractivity contribution in [3.8, 4) is 0 Å². The number of ketones is 1. The van der Waals surface area contributed by atoms with Crippen molar-refractivity contribution in [1.29, 1.82) is 0 Å². The molecule has 0 amide bonds. The van der Waals surface area contributed by atoms with Gasteiger partial charge in [0, 0.05) is 26.2 Å². The Hall–Kier alpha value is -1.07. The first-order valence-electron chi connectivity index (χ1n) is 12.5. The molecule has 0 aliphatic heterocycles. The molecule has 3 aliphatic carbocycles. The third-order valence-electron chi connectivity index (χ3n) is 5.84. The second-order valence-electron chi connectivity index (χ2n) is 8.35. The molecule has 0 heterocycles. The minimum atomic E-state index is -3.35. The second-order valence-corrected chi connectivity index (χ2v) is 10.00. The molecule has 3 fully saturated rings. The molecule has 0 aromatic rings. The molecule has 10 heteroatoms. The summed E-state index contributed by atoms with van der Waals surface area (Å²) in [5.74, 6) is -0.567. The number of esters is 1. The number of aliphatic hydroxyl groups is 3. The van der Waals surface area contributed by atoms with Crippen molar-refractivity contribution >= 4 is 21.9 Å². The highest BCUT2D eigenvalue weighted by atomic mass is 32.2. The van der Waals surface area contributed by atoms with E-state index in [-0.39, 0.29) is 71.3 Å². The van der Waals surface area contributed by atoms with Crippen LogP contribution in [0.25, 0.3) is 0 Å². The van der Waals surface area contributed by atoms with Crippen LogP contribution in [0.3, 0.4) is 0 Å². The lowest BCUT2D eigenvalue weighted by molar-refractivity contribution is -0.150. The molecule has 0 spiro atoms. The number of ether oxygens (including phenoxy) is 1. The zero-order valence-electron chi connectivity index (χ0n) is 21.3. The molecule has 3 aliphatic rings. The molecule has 9 nitrogen and oxygen atoms in total. The standard InChI is InChI=1S/C8H12O3.C7H14O4S.C6H12O2.C2H6.3CH4/c1-2-11-8(10)6-4-3-5-7(6)9;1-12(9,10)11-5-6-3-2-4-7(6)8;7-4-5-2-1-3-6(5)8;1-2;;;/h6H,2-5H2,1H3;6-8H,2-5H2,1H3;5-8H,1-4H2;1-2H3;3*1H4/i;;;1D;;;. The second kappa shape index (κ2) is 23.1. The fourth-order valence-corrected chi connectivity index (χ4v) is 4.38. The van der Waals surface area contributed by atoms with Crippen molar-refractivity contribution in [2.45, 2.75) is 113 Å². The number of rotatable bonds is 6. The lowest BCUT2D eigenvalue weighted by atomic mass is 10.1. The molecule has 0 bridgehead atoms. The molecule has 0 aromatic heterocycles. The molecule has 36 heavy (non-hydrogen) atoms. The summed E-state index contributed by atoms with van der Waals surface area (Å²) in [6, 6.07) is 0. The van der Waals surface area contributed by atoms with Gasteiger partial charge < -0.3 is 20.1 Å². The quantitative estimate of drug-likeness (QED) is 0.255. The van der Waals surface area contributed by atoms with Gasteiger partial charge in [-0.2, -0.15) is 8.42 Å². The Labute approximate surface area is 222 Å². The van der Waals surface area contributed by atoms with Crippen LogP contribution in [0.15, 0.2) is 0 Å².